The molecule has 0 unspecified atom stereocenters. The molecule has 2 aromatic rings. The zero-order valence-electron chi connectivity index (χ0n) is 19.3. The maximum absolute atomic E-state index is 13.6. The molecule has 7 heteroatoms. The van der Waals surface area contributed by atoms with Crippen molar-refractivity contribution in [1.82, 2.24) is 0 Å². The van der Waals surface area contributed by atoms with Crippen molar-refractivity contribution in [3.05, 3.63) is 58.7 Å². The highest BCUT2D eigenvalue weighted by Crippen LogP contribution is 2.46. The fourth-order valence-electron chi connectivity index (χ4n) is 5.03. The Hall–Kier alpha value is -2.83. The molecule has 1 aliphatic carbocycles. The van der Waals surface area contributed by atoms with Crippen LogP contribution in [0.4, 0.5) is 24.5 Å². The summed E-state index contributed by atoms with van der Waals surface area (Å²) in [5.74, 6) is -1.06. The quantitative estimate of drug-likeness (QED) is 0.579. The number of hydrogen-bond donors (Lipinski definition) is 1. The Balaban J connectivity index is 1.67. The summed E-state index contributed by atoms with van der Waals surface area (Å²) < 4.78 is 40.4. The number of carbonyl (C=O) groups excluding carboxylic acids is 2. The van der Waals surface area contributed by atoms with E-state index in [4.69, 9.17) is 0 Å². The van der Waals surface area contributed by atoms with E-state index in [1.165, 1.54) is 6.07 Å². The lowest BCUT2D eigenvalue weighted by Crippen LogP contribution is -2.42. The van der Waals surface area contributed by atoms with E-state index in [1.807, 2.05) is 39.0 Å². The number of benzene rings is 2. The van der Waals surface area contributed by atoms with Crippen molar-refractivity contribution in [2.45, 2.75) is 59.1 Å². The van der Waals surface area contributed by atoms with Crippen LogP contribution < -0.4 is 10.2 Å². The monoisotopic (exact) mass is 458 g/mol. The predicted octanol–water partition coefficient (Wildman–Crippen LogP) is 6.22. The fourth-order valence-corrected chi connectivity index (χ4v) is 5.03. The Morgan fingerprint density at radius 3 is 2.33 bits per heavy atom. The van der Waals surface area contributed by atoms with Crippen LogP contribution in [0.5, 0.6) is 0 Å². The second kappa shape index (κ2) is 8.19. The minimum atomic E-state index is -4.50. The molecule has 2 amide bonds. The van der Waals surface area contributed by atoms with Gasteiger partial charge in [0.2, 0.25) is 11.8 Å². The van der Waals surface area contributed by atoms with Gasteiger partial charge in [-0.15, -0.1) is 0 Å². The number of hydrogen-bond acceptors (Lipinski definition) is 2. The Kier molecular flexibility index (Phi) is 5.79. The van der Waals surface area contributed by atoms with E-state index in [2.05, 4.69) is 5.32 Å². The number of nitrogens with one attached hydrogen (secondary N) is 1. The smallest absolute Gasteiger partial charge is 0.326 e. The SMILES string of the molecule is CC[C@@]1(C(=O)Nc2cc(C3CC3)cc(C(F)(F)F)c2)CN(c2c(C)cccc2C)C(=O)[C@H]1C. The number of amides is 2. The maximum atomic E-state index is 13.6. The van der Waals surface area contributed by atoms with Crippen LogP contribution in [0.15, 0.2) is 36.4 Å². The van der Waals surface area contributed by atoms with Crippen LogP contribution in [0.3, 0.4) is 0 Å². The first kappa shape index (κ1) is 23.3. The van der Waals surface area contributed by atoms with Crippen LogP contribution in [0.25, 0.3) is 0 Å². The summed E-state index contributed by atoms with van der Waals surface area (Å²) in [6.45, 7) is 7.62. The van der Waals surface area contributed by atoms with Gasteiger partial charge in [0.25, 0.3) is 0 Å². The third-order valence-electron chi connectivity index (χ3n) is 7.29. The van der Waals surface area contributed by atoms with Gasteiger partial charge in [-0.25, -0.2) is 0 Å². The van der Waals surface area contributed by atoms with Crippen LogP contribution >= 0.6 is 0 Å². The van der Waals surface area contributed by atoms with Gasteiger partial charge in [0, 0.05) is 17.9 Å². The molecule has 1 saturated heterocycles. The standard InChI is InChI=1S/C26H29F3N2O2/c1-5-25(14-31(23(32)17(25)4)22-15(2)7-6-8-16(22)3)24(33)30-21-12-19(18-9-10-18)11-20(13-21)26(27,28)29/h6-8,11-13,17-18H,5,9-10,14H2,1-4H3,(H,30,33)/t17-,25-/m1/s1. The lowest BCUT2D eigenvalue weighted by atomic mass is 9.75. The number of alkyl halides is 3. The van der Waals surface area contributed by atoms with Crippen LogP contribution in [0.2, 0.25) is 0 Å². The molecule has 176 valence electrons. The van der Waals surface area contributed by atoms with Gasteiger partial charge in [-0.2, -0.15) is 13.2 Å². The van der Waals surface area contributed by atoms with Gasteiger partial charge in [-0.3, -0.25) is 9.59 Å². The van der Waals surface area contributed by atoms with E-state index >= 15 is 0 Å². The first-order chi connectivity index (χ1) is 15.5. The van der Waals surface area contributed by atoms with Crippen molar-refractivity contribution >= 4 is 23.2 Å². The normalized spacial score (nSPS) is 23.2. The molecule has 0 radical (unpaired) electrons. The third-order valence-corrected chi connectivity index (χ3v) is 7.29. The maximum Gasteiger partial charge on any atom is 0.416 e. The summed E-state index contributed by atoms with van der Waals surface area (Å²) >= 11 is 0. The minimum Gasteiger partial charge on any atom is -0.326 e. The Bertz CT molecular complexity index is 1090. The third kappa shape index (κ3) is 4.13. The number of nitrogens with zero attached hydrogens (tertiary/aromatic N) is 1. The average molecular weight is 459 g/mol. The summed E-state index contributed by atoms with van der Waals surface area (Å²) in [7, 11) is 0. The lowest BCUT2D eigenvalue weighted by Gasteiger charge is -2.30. The van der Waals surface area contributed by atoms with Crippen LogP contribution in [0, 0.1) is 25.2 Å². The number of aryl methyl sites for hydroxylation is 2. The number of rotatable bonds is 5. The van der Waals surface area contributed by atoms with Gasteiger partial charge >= 0.3 is 6.18 Å². The fraction of sp³-hybridized carbons (Fsp3) is 0.462. The Labute approximate surface area is 192 Å². The van der Waals surface area contributed by atoms with E-state index < -0.39 is 29.0 Å². The largest absolute Gasteiger partial charge is 0.416 e. The number of carbonyl (C=O) groups is 2. The van der Waals surface area contributed by atoms with E-state index in [0.29, 0.717) is 12.0 Å². The summed E-state index contributed by atoms with van der Waals surface area (Å²) in [6.07, 6.45) is -2.40. The predicted molar refractivity (Wildman–Crippen MR) is 122 cm³/mol. The summed E-state index contributed by atoms with van der Waals surface area (Å²) in [5, 5.41) is 2.75. The van der Waals surface area contributed by atoms with Gasteiger partial charge in [0.05, 0.1) is 16.9 Å². The molecule has 2 fully saturated rings. The first-order valence-corrected chi connectivity index (χ1v) is 11.4. The molecule has 1 N–H and O–H groups in total. The van der Waals surface area contributed by atoms with Crippen LogP contribution in [-0.4, -0.2) is 18.4 Å². The first-order valence-electron chi connectivity index (χ1n) is 11.4. The zero-order chi connectivity index (χ0) is 24.1. The minimum absolute atomic E-state index is 0.106. The molecule has 0 bridgehead atoms. The highest BCUT2D eigenvalue weighted by molar-refractivity contribution is 6.07. The second-order valence-corrected chi connectivity index (χ2v) is 9.47. The van der Waals surface area contributed by atoms with Crippen molar-refractivity contribution in [3.63, 3.8) is 0 Å². The summed E-state index contributed by atoms with van der Waals surface area (Å²) in [5.41, 5.74) is 1.60. The van der Waals surface area contributed by atoms with Gasteiger partial charge in [0.1, 0.15) is 0 Å². The summed E-state index contributed by atoms with van der Waals surface area (Å²) in [4.78, 5) is 28.5. The lowest BCUT2D eigenvalue weighted by molar-refractivity contribution is -0.137. The van der Waals surface area contributed by atoms with Gasteiger partial charge in [-0.05, 0) is 73.9 Å². The second-order valence-electron chi connectivity index (χ2n) is 9.47. The van der Waals surface area contributed by atoms with E-state index in [1.54, 1.807) is 17.9 Å². The van der Waals surface area contributed by atoms with E-state index in [-0.39, 0.29) is 24.1 Å². The molecule has 33 heavy (non-hydrogen) atoms. The topological polar surface area (TPSA) is 49.4 Å². The van der Waals surface area contributed by atoms with Crippen molar-refractivity contribution in [2.75, 3.05) is 16.8 Å². The van der Waals surface area contributed by atoms with Gasteiger partial charge in [0.15, 0.2) is 0 Å². The van der Waals surface area contributed by atoms with Crippen molar-refractivity contribution in [3.8, 4) is 0 Å². The van der Waals surface area contributed by atoms with Crippen LogP contribution in [0.1, 0.15) is 61.3 Å². The molecule has 4 nitrogen and oxygen atoms in total. The van der Waals surface area contributed by atoms with Crippen molar-refractivity contribution < 1.29 is 22.8 Å². The van der Waals surface area contributed by atoms with Crippen molar-refractivity contribution in [2.24, 2.45) is 11.3 Å². The van der Waals surface area contributed by atoms with Gasteiger partial charge in [-0.1, -0.05) is 32.0 Å². The zero-order valence-corrected chi connectivity index (χ0v) is 19.3. The molecular weight excluding hydrogens is 429 g/mol. The van der Waals surface area contributed by atoms with Gasteiger partial charge < -0.3 is 10.2 Å². The molecule has 0 aromatic heterocycles. The summed E-state index contributed by atoms with van der Waals surface area (Å²) in [6, 6.07) is 9.57. The Morgan fingerprint density at radius 2 is 1.79 bits per heavy atom. The molecule has 1 aliphatic heterocycles. The van der Waals surface area contributed by atoms with Crippen LogP contribution in [-0.2, 0) is 15.8 Å². The average Bonchev–Trinajstić information content (AvgIpc) is 3.56. The molecule has 2 aromatic carbocycles. The van der Waals surface area contributed by atoms with E-state index in [9.17, 15) is 22.8 Å². The highest BCUT2D eigenvalue weighted by Gasteiger charge is 2.54. The molecule has 2 aliphatic rings. The molecule has 4 rings (SSSR count). The number of para-hydroxylation sites is 1. The molecule has 1 heterocycles. The molecule has 1 saturated carbocycles. The highest BCUT2D eigenvalue weighted by atomic mass is 19.4. The molecule has 0 spiro atoms. The number of anilines is 2. The molecular formula is C26H29F3N2O2. The molecule has 2 atom stereocenters. The Morgan fingerprint density at radius 1 is 1.15 bits per heavy atom. The van der Waals surface area contributed by atoms with E-state index in [0.717, 1.165) is 35.7 Å². The number of halogens is 3. The van der Waals surface area contributed by atoms with Crippen molar-refractivity contribution in [1.29, 1.82) is 0 Å².